The SMILES string of the molecule is Fc1ccc2c(c1)nc(-c1[c-]cc3oc4cc(-c5ccccc5)ccc4c3c1)n2Cc1ccccc1.[2H]C([2H])([2H])c1c[c-]c(-c2cc(CC(C)C)c([Si](C)(C)C)cn2)cc1.[Ir]. The summed E-state index contributed by atoms with van der Waals surface area (Å²) in [7, 11) is -1.45. The van der Waals surface area contributed by atoms with Gasteiger partial charge >= 0.3 is 0 Å². The largest absolute Gasteiger partial charge is 0.500 e. The van der Waals surface area contributed by atoms with Crippen molar-refractivity contribution in [2.45, 2.75) is 53.3 Å². The second-order valence-electron chi connectivity index (χ2n) is 16.0. The van der Waals surface area contributed by atoms with Crippen LogP contribution in [0.1, 0.15) is 34.7 Å². The molecule has 1 radical (unpaired) electrons. The minimum absolute atomic E-state index is 0. The van der Waals surface area contributed by atoms with Crippen LogP contribution in [-0.4, -0.2) is 22.6 Å². The molecule has 3 aromatic heterocycles. The molecule has 58 heavy (non-hydrogen) atoms. The van der Waals surface area contributed by atoms with Gasteiger partial charge < -0.3 is 14.0 Å². The van der Waals surface area contributed by atoms with Gasteiger partial charge in [0.25, 0.3) is 0 Å². The van der Waals surface area contributed by atoms with Crippen molar-refractivity contribution in [3.05, 3.63) is 174 Å². The third kappa shape index (κ3) is 8.83. The van der Waals surface area contributed by atoms with Gasteiger partial charge in [0, 0.05) is 48.4 Å². The zero-order valence-corrected chi connectivity index (χ0v) is 36.6. The van der Waals surface area contributed by atoms with Crippen molar-refractivity contribution in [1.82, 2.24) is 14.5 Å². The van der Waals surface area contributed by atoms with Crippen LogP contribution in [-0.2, 0) is 33.1 Å². The second kappa shape index (κ2) is 17.2. The number of benzene rings is 6. The molecule has 0 unspecified atom stereocenters. The number of halogens is 1. The number of pyridine rings is 1. The van der Waals surface area contributed by atoms with Gasteiger partial charge in [-0.3, -0.25) is 4.98 Å². The van der Waals surface area contributed by atoms with E-state index in [2.05, 4.69) is 110 Å². The van der Waals surface area contributed by atoms with Crippen LogP contribution < -0.4 is 5.19 Å². The van der Waals surface area contributed by atoms with E-state index < -0.39 is 14.9 Å². The first kappa shape index (κ1) is 36.8. The van der Waals surface area contributed by atoms with Crippen molar-refractivity contribution >= 4 is 46.2 Å². The zero-order chi connectivity index (χ0) is 42.2. The number of hydrogen-bond acceptors (Lipinski definition) is 3. The molecule has 0 aliphatic rings. The molecule has 0 bridgehead atoms. The fourth-order valence-electron chi connectivity index (χ4n) is 7.41. The molecule has 0 aliphatic carbocycles. The Labute approximate surface area is 359 Å². The topological polar surface area (TPSA) is 43.9 Å². The maximum atomic E-state index is 14.0. The Morgan fingerprint density at radius 3 is 2.24 bits per heavy atom. The van der Waals surface area contributed by atoms with Gasteiger partial charge in [0.1, 0.15) is 11.4 Å². The molecule has 3 heterocycles. The van der Waals surface area contributed by atoms with E-state index in [1.165, 1.54) is 22.9 Å². The first-order valence-corrected chi connectivity index (χ1v) is 22.9. The summed E-state index contributed by atoms with van der Waals surface area (Å²) < 4.78 is 44.7. The summed E-state index contributed by atoms with van der Waals surface area (Å²) in [5.41, 5.74) is 10.7. The predicted molar refractivity (Wildman–Crippen MR) is 237 cm³/mol. The summed E-state index contributed by atoms with van der Waals surface area (Å²) in [6.07, 6.45) is 3.05. The van der Waals surface area contributed by atoms with Gasteiger partial charge in [-0.2, -0.15) is 0 Å². The monoisotopic (exact) mass is 959 g/mol. The van der Waals surface area contributed by atoms with E-state index >= 15 is 0 Å². The van der Waals surface area contributed by atoms with Gasteiger partial charge in [0.15, 0.2) is 0 Å². The van der Waals surface area contributed by atoms with E-state index in [-0.39, 0.29) is 25.9 Å². The number of aryl methyl sites for hydroxylation is 1. The number of furan rings is 1. The van der Waals surface area contributed by atoms with E-state index in [4.69, 9.17) is 13.5 Å². The summed E-state index contributed by atoms with van der Waals surface area (Å²) in [5, 5.41) is 3.44. The van der Waals surface area contributed by atoms with Crippen LogP contribution in [0.5, 0.6) is 0 Å². The predicted octanol–water partition coefficient (Wildman–Crippen LogP) is 12.9. The molecule has 0 spiro atoms. The third-order valence-electron chi connectivity index (χ3n) is 10.2. The first-order chi connectivity index (χ1) is 28.7. The van der Waals surface area contributed by atoms with E-state index in [9.17, 15) is 4.39 Å². The van der Waals surface area contributed by atoms with Crippen molar-refractivity contribution in [3.8, 4) is 33.8 Å². The Balaban J connectivity index is 0.000000197. The van der Waals surface area contributed by atoms with Crippen LogP contribution in [0.2, 0.25) is 19.6 Å². The Kier molecular flexibility index (Phi) is 10.9. The number of nitrogens with zero attached hydrogens (tertiary/aromatic N) is 3. The molecule has 0 amide bonds. The maximum Gasteiger partial charge on any atom is 0.125 e. The van der Waals surface area contributed by atoms with Gasteiger partial charge in [-0.15, -0.1) is 59.2 Å². The Hall–Kier alpha value is -5.46. The van der Waals surface area contributed by atoms with Crippen molar-refractivity contribution in [3.63, 3.8) is 0 Å². The first-order valence-electron chi connectivity index (χ1n) is 20.9. The van der Waals surface area contributed by atoms with Crippen molar-refractivity contribution in [1.29, 1.82) is 0 Å². The summed E-state index contributed by atoms with van der Waals surface area (Å²) in [4.78, 5) is 9.46. The molecule has 0 N–H and O–H groups in total. The second-order valence-corrected chi connectivity index (χ2v) is 21.0. The molecule has 0 fully saturated rings. The number of hydrogen-bond donors (Lipinski definition) is 0. The summed E-state index contributed by atoms with van der Waals surface area (Å²) in [6.45, 7) is 10.0. The van der Waals surface area contributed by atoms with Crippen LogP contribution >= 0.6 is 0 Å². The maximum absolute atomic E-state index is 14.0. The van der Waals surface area contributed by atoms with Crippen LogP contribution in [0, 0.1) is 30.7 Å². The standard InChI is InChI=1S/C32H20FN2O.C19H26NSi.Ir/c33-25-13-15-29-28(19-25)34-32(35(29)20-21-7-3-1-4-8-21)24-12-16-30-27(17-24)26-14-11-23(18-31(26)36-30)22-9-5-2-6-10-22;1-14(2)11-17-12-18(16-9-7-15(3)8-10-16)20-13-19(17)21(4,5)6;/h1-11,13-19H,20H2;7-9,12-14H,11H2,1-6H3;/q2*-1;/i;3D3;. The molecule has 4 nitrogen and oxygen atoms in total. The molecule has 9 aromatic rings. The number of imidazole rings is 1. The van der Waals surface area contributed by atoms with E-state index in [0.29, 0.717) is 23.5 Å². The third-order valence-corrected chi connectivity index (χ3v) is 12.2. The van der Waals surface area contributed by atoms with Crippen LogP contribution in [0.4, 0.5) is 4.39 Å². The van der Waals surface area contributed by atoms with E-state index in [1.807, 2.05) is 48.7 Å². The normalized spacial score (nSPS) is 12.5. The van der Waals surface area contributed by atoms with Crippen LogP contribution in [0.15, 0.2) is 144 Å². The van der Waals surface area contributed by atoms with Gasteiger partial charge in [0.05, 0.1) is 30.5 Å². The van der Waals surface area contributed by atoms with E-state index in [0.717, 1.165) is 73.2 Å². The number of aromatic nitrogens is 3. The van der Waals surface area contributed by atoms with Crippen molar-refractivity contribution < 1.29 is 33.0 Å². The fraction of sp³-hybridized carbons (Fsp3) is 0.176. The number of fused-ring (bicyclic) bond motifs is 4. The Bertz CT molecular complexity index is 2940. The molecular weight excluding hydrogens is 910 g/mol. The summed E-state index contributed by atoms with van der Waals surface area (Å²) in [6, 6.07) is 49.1. The Morgan fingerprint density at radius 1 is 0.776 bits per heavy atom. The molecular formula is C51H46FIrN3OSi-2. The van der Waals surface area contributed by atoms with Crippen LogP contribution in [0.3, 0.4) is 0 Å². The zero-order valence-electron chi connectivity index (χ0n) is 36.2. The molecule has 0 saturated heterocycles. The van der Waals surface area contributed by atoms with Gasteiger partial charge in [0.2, 0.25) is 0 Å². The molecule has 293 valence electrons. The molecule has 0 atom stereocenters. The van der Waals surface area contributed by atoms with Gasteiger partial charge in [-0.05, 0) is 58.1 Å². The van der Waals surface area contributed by atoms with Crippen molar-refractivity contribution in [2.75, 3.05) is 0 Å². The van der Waals surface area contributed by atoms with Gasteiger partial charge in [-0.25, -0.2) is 4.39 Å². The molecule has 7 heteroatoms. The molecule has 0 saturated carbocycles. The van der Waals surface area contributed by atoms with Crippen LogP contribution in [0.25, 0.3) is 66.7 Å². The average Bonchev–Trinajstić information content (AvgIpc) is 3.77. The fourth-order valence-corrected chi connectivity index (χ4v) is 9.00. The molecule has 0 aliphatic heterocycles. The molecule has 6 aromatic carbocycles. The smallest absolute Gasteiger partial charge is 0.125 e. The number of rotatable bonds is 8. The minimum Gasteiger partial charge on any atom is -0.500 e. The summed E-state index contributed by atoms with van der Waals surface area (Å²) >= 11 is 0. The Morgan fingerprint density at radius 2 is 1.53 bits per heavy atom. The minimum atomic E-state index is -2.09. The summed E-state index contributed by atoms with van der Waals surface area (Å²) in [5.74, 6) is 1.03. The quantitative estimate of drug-likeness (QED) is 0.113. The van der Waals surface area contributed by atoms with Crippen molar-refractivity contribution in [2.24, 2.45) is 5.92 Å². The average molecular weight is 959 g/mol. The molecule has 9 rings (SSSR count). The van der Waals surface area contributed by atoms with Gasteiger partial charge in [-0.1, -0.05) is 130 Å². The van der Waals surface area contributed by atoms with E-state index in [1.54, 1.807) is 24.3 Å².